The normalized spacial score (nSPS) is 12.7. The average Bonchev–Trinajstić information content (AvgIpc) is 2.20. The van der Waals surface area contributed by atoms with E-state index in [9.17, 15) is 14.4 Å². The number of aliphatic carboxylic acids is 1. The molecule has 7 heteroatoms. The molecule has 0 radical (unpaired) electrons. The van der Waals surface area contributed by atoms with E-state index in [0.29, 0.717) is 0 Å². The van der Waals surface area contributed by atoms with Crippen molar-refractivity contribution in [2.45, 2.75) is 45.3 Å². The second kappa shape index (κ2) is 6.95. The summed E-state index contributed by atoms with van der Waals surface area (Å²) in [5, 5.41) is 10.9. The van der Waals surface area contributed by atoms with Crippen LogP contribution in [-0.4, -0.2) is 41.1 Å². The first-order chi connectivity index (χ1) is 8.15. The van der Waals surface area contributed by atoms with Crippen molar-refractivity contribution in [3.05, 3.63) is 0 Å². The summed E-state index contributed by atoms with van der Waals surface area (Å²) in [5.74, 6) is -2.24. The highest BCUT2D eigenvalue weighted by Gasteiger charge is 2.26. The fourth-order valence-electron chi connectivity index (χ4n) is 1.14. The number of nitrogens with one attached hydrogen (secondary N) is 1. The molecule has 0 rings (SSSR count). The molecule has 0 aliphatic rings. The lowest BCUT2D eigenvalue weighted by molar-refractivity contribution is -0.159. The molecule has 0 aromatic rings. The van der Waals surface area contributed by atoms with Gasteiger partial charge in [0.1, 0.15) is 11.6 Å². The van der Waals surface area contributed by atoms with Crippen LogP contribution in [-0.2, 0) is 19.1 Å². The second-order valence-corrected chi connectivity index (χ2v) is 4.79. The number of carbonyl (C=O) groups excluding carboxylic acids is 2. The van der Waals surface area contributed by atoms with Gasteiger partial charge in [-0.15, -0.1) is 0 Å². The van der Waals surface area contributed by atoms with Crippen LogP contribution in [0.25, 0.3) is 0 Å². The standard InChI is InChI=1S/C11H20N2O5/c1-11(2,3)18-10(17)7(4-5-9(15)16)13-8(14)6-12/h7H,4-6,12H2,1-3H3,(H,13,14)(H,15,16)/t7-/m0/s1. The molecule has 4 N–H and O–H groups in total. The van der Waals surface area contributed by atoms with Gasteiger partial charge in [-0.1, -0.05) is 0 Å². The first-order valence-corrected chi connectivity index (χ1v) is 5.60. The lowest BCUT2D eigenvalue weighted by Crippen LogP contribution is -2.46. The Morgan fingerprint density at radius 1 is 1.33 bits per heavy atom. The minimum atomic E-state index is -1.05. The predicted octanol–water partition coefficient (Wildman–Crippen LogP) is -0.364. The second-order valence-electron chi connectivity index (χ2n) is 4.79. The molecule has 0 bridgehead atoms. The molecule has 0 aromatic heterocycles. The number of ether oxygens (including phenoxy) is 1. The summed E-state index contributed by atoms with van der Waals surface area (Å²) < 4.78 is 5.09. The van der Waals surface area contributed by atoms with Crippen LogP contribution in [0.15, 0.2) is 0 Å². The zero-order chi connectivity index (χ0) is 14.3. The summed E-state index contributed by atoms with van der Waals surface area (Å²) in [4.78, 5) is 33.4. The molecule has 0 aliphatic heterocycles. The van der Waals surface area contributed by atoms with Crippen molar-refractivity contribution >= 4 is 17.8 Å². The molecule has 0 fully saturated rings. The molecule has 0 heterocycles. The summed E-state index contributed by atoms with van der Waals surface area (Å²) in [6.45, 7) is 4.78. The van der Waals surface area contributed by atoms with E-state index in [1.807, 2.05) is 0 Å². The van der Waals surface area contributed by atoms with Gasteiger partial charge in [-0.2, -0.15) is 0 Å². The average molecular weight is 260 g/mol. The Hall–Kier alpha value is -1.63. The zero-order valence-electron chi connectivity index (χ0n) is 10.9. The lowest BCUT2D eigenvalue weighted by atomic mass is 10.1. The molecular weight excluding hydrogens is 240 g/mol. The third-order valence-corrected chi connectivity index (χ3v) is 1.86. The minimum Gasteiger partial charge on any atom is -0.481 e. The van der Waals surface area contributed by atoms with Crippen LogP contribution >= 0.6 is 0 Å². The summed E-state index contributed by atoms with van der Waals surface area (Å²) >= 11 is 0. The quantitative estimate of drug-likeness (QED) is 0.561. The van der Waals surface area contributed by atoms with E-state index < -0.39 is 29.5 Å². The third-order valence-electron chi connectivity index (χ3n) is 1.86. The van der Waals surface area contributed by atoms with Gasteiger partial charge in [0, 0.05) is 6.42 Å². The van der Waals surface area contributed by atoms with E-state index in [0.717, 1.165) is 0 Å². The Morgan fingerprint density at radius 2 is 1.89 bits per heavy atom. The first kappa shape index (κ1) is 16.4. The third kappa shape index (κ3) is 7.61. The van der Waals surface area contributed by atoms with Crippen molar-refractivity contribution < 1.29 is 24.2 Å². The van der Waals surface area contributed by atoms with Crippen molar-refractivity contribution in [1.29, 1.82) is 0 Å². The van der Waals surface area contributed by atoms with Gasteiger partial charge in [0.05, 0.1) is 6.54 Å². The maximum absolute atomic E-state index is 11.8. The van der Waals surface area contributed by atoms with Crippen LogP contribution in [0.1, 0.15) is 33.6 Å². The largest absolute Gasteiger partial charge is 0.481 e. The van der Waals surface area contributed by atoms with Gasteiger partial charge in [-0.25, -0.2) is 4.79 Å². The van der Waals surface area contributed by atoms with Crippen molar-refractivity contribution in [3.63, 3.8) is 0 Å². The van der Waals surface area contributed by atoms with Crippen molar-refractivity contribution in [3.8, 4) is 0 Å². The molecule has 18 heavy (non-hydrogen) atoms. The predicted molar refractivity (Wildman–Crippen MR) is 63.7 cm³/mol. The van der Waals surface area contributed by atoms with E-state index in [-0.39, 0.29) is 19.4 Å². The number of carbonyl (C=O) groups is 3. The van der Waals surface area contributed by atoms with Gasteiger partial charge < -0.3 is 20.9 Å². The Morgan fingerprint density at radius 3 is 2.28 bits per heavy atom. The number of carboxylic acid groups (broad SMARTS) is 1. The first-order valence-electron chi connectivity index (χ1n) is 5.60. The fourth-order valence-corrected chi connectivity index (χ4v) is 1.14. The van der Waals surface area contributed by atoms with Gasteiger partial charge in [-0.3, -0.25) is 9.59 Å². The van der Waals surface area contributed by atoms with Crippen LogP contribution in [0.4, 0.5) is 0 Å². The molecule has 0 unspecified atom stereocenters. The highest BCUT2D eigenvalue weighted by atomic mass is 16.6. The Kier molecular flexibility index (Phi) is 6.32. The maximum atomic E-state index is 11.8. The SMILES string of the molecule is CC(C)(C)OC(=O)[C@H](CCC(=O)O)NC(=O)CN. The molecule has 1 atom stereocenters. The van der Waals surface area contributed by atoms with Crippen LogP contribution < -0.4 is 11.1 Å². The van der Waals surface area contributed by atoms with Gasteiger partial charge in [0.15, 0.2) is 0 Å². The summed E-state index contributed by atoms with van der Waals surface area (Å²) in [5.41, 5.74) is 4.42. The number of rotatable bonds is 6. The van der Waals surface area contributed by atoms with Crippen LogP contribution in [0.5, 0.6) is 0 Å². The Labute approximate surface area is 106 Å². The van der Waals surface area contributed by atoms with Gasteiger partial charge in [0.25, 0.3) is 0 Å². The summed E-state index contributed by atoms with van der Waals surface area (Å²) in [6, 6.07) is -0.989. The van der Waals surface area contributed by atoms with Crippen LogP contribution in [0, 0.1) is 0 Å². The zero-order valence-corrected chi connectivity index (χ0v) is 10.9. The topological polar surface area (TPSA) is 119 Å². The number of esters is 1. The lowest BCUT2D eigenvalue weighted by Gasteiger charge is -2.24. The van der Waals surface area contributed by atoms with Crippen LogP contribution in [0.3, 0.4) is 0 Å². The highest BCUT2D eigenvalue weighted by Crippen LogP contribution is 2.10. The molecule has 0 aromatic carbocycles. The summed E-state index contributed by atoms with van der Waals surface area (Å²) in [6.07, 6.45) is -0.273. The van der Waals surface area contributed by atoms with E-state index in [2.05, 4.69) is 5.32 Å². The van der Waals surface area contributed by atoms with Crippen LogP contribution in [0.2, 0.25) is 0 Å². The van der Waals surface area contributed by atoms with E-state index in [1.54, 1.807) is 20.8 Å². The van der Waals surface area contributed by atoms with Crippen molar-refractivity contribution in [1.82, 2.24) is 5.32 Å². The smallest absolute Gasteiger partial charge is 0.329 e. The Bertz CT molecular complexity index is 322. The number of carboxylic acids is 1. The molecule has 0 spiro atoms. The molecular formula is C11H20N2O5. The van der Waals surface area contributed by atoms with Gasteiger partial charge in [-0.05, 0) is 27.2 Å². The van der Waals surface area contributed by atoms with E-state index in [4.69, 9.17) is 15.6 Å². The molecule has 104 valence electrons. The monoisotopic (exact) mass is 260 g/mol. The minimum absolute atomic E-state index is 0.0318. The fraction of sp³-hybridized carbons (Fsp3) is 0.727. The maximum Gasteiger partial charge on any atom is 0.329 e. The number of hydrogen-bond donors (Lipinski definition) is 3. The molecule has 0 aliphatic carbocycles. The molecule has 1 amide bonds. The number of hydrogen-bond acceptors (Lipinski definition) is 5. The molecule has 0 saturated heterocycles. The van der Waals surface area contributed by atoms with Crippen molar-refractivity contribution in [2.75, 3.05) is 6.54 Å². The van der Waals surface area contributed by atoms with Gasteiger partial charge in [0.2, 0.25) is 5.91 Å². The van der Waals surface area contributed by atoms with E-state index in [1.165, 1.54) is 0 Å². The highest BCUT2D eigenvalue weighted by molar-refractivity contribution is 5.85. The molecule has 7 nitrogen and oxygen atoms in total. The van der Waals surface area contributed by atoms with E-state index >= 15 is 0 Å². The Balaban J connectivity index is 4.58. The van der Waals surface area contributed by atoms with Crippen molar-refractivity contribution in [2.24, 2.45) is 5.73 Å². The van der Waals surface area contributed by atoms with Gasteiger partial charge >= 0.3 is 11.9 Å². The molecule has 0 saturated carbocycles. The summed E-state index contributed by atoms with van der Waals surface area (Å²) in [7, 11) is 0. The number of nitrogens with two attached hydrogens (primary N) is 1. The number of amides is 1.